The maximum atomic E-state index is 12.2. The van der Waals surface area contributed by atoms with Crippen LogP contribution < -0.4 is 10.5 Å². The standard InChI is InChI=1S/C13H22N2O4S/c1-10-4-5-12(11(14)8-10)20(17,18)15-9-13(2,16)6-7-19-3/h4-5,8,15-16H,6-7,9,14H2,1-3H3. The number of methoxy groups -OCH3 is 1. The van der Waals surface area contributed by atoms with Crippen molar-refractivity contribution in [2.45, 2.75) is 30.8 Å². The largest absolute Gasteiger partial charge is 0.398 e. The Kier molecular flexibility index (Phi) is 5.52. The van der Waals surface area contributed by atoms with E-state index < -0.39 is 15.6 Å². The maximum absolute atomic E-state index is 12.2. The van der Waals surface area contributed by atoms with Gasteiger partial charge in [0.05, 0.1) is 11.3 Å². The Morgan fingerprint density at radius 1 is 1.45 bits per heavy atom. The molecule has 0 aliphatic carbocycles. The van der Waals surface area contributed by atoms with Crippen molar-refractivity contribution in [3.8, 4) is 0 Å². The molecule has 0 aliphatic rings. The van der Waals surface area contributed by atoms with Crippen molar-refractivity contribution in [1.29, 1.82) is 0 Å². The van der Waals surface area contributed by atoms with Crippen LogP contribution in [0.25, 0.3) is 0 Å². The molecule has 1 rings (SSSR count). The first-order valence-electron chi connectivity index (χ1n) is 6.25. The van der Waals surface area contributed by atoms with Crippen molar-refractivity contribution < 1.29 is 18.3 Å². The van der Waals surface area contributed by atoms with E-state index in [-0.39, 0.29) is 17.1 Å². The summed E-state index contributed by atoms with van der Waals surface area (Å²) < 4.78 is 31.5. The fourth-order valence-electron chi connectivity index (χ4n) is 1.65. The highest BCUT2D eigenvalue weighted by Gasteiger charge is 2.25. The first-order valence-corrected chi connectivity index (χ1v) is 7.73. The van der Waals surface area contributed by atoms with Gasteiger partial charge in [0.25, 0.3) is 0 Å². The average molecular weight is 302 g/mol. The molecule has 1 unspecified atom stereocenters. The Hall–Kier alpha value is -1.15. The minimum atomic E-state index is -3.74. The summed E-state index contributed by atoms with van der Waals surface area (Å²) >= 11 is 0. The highest BCUT2D eigenvalue weighted by Crippen LogP contribution is 2.20. The molecule has 1 aromatic carbocycles. The molecule has 6 nitrogen and oxygen atoms in total. The van der Waals surface area contributed by atoms with Crippen LogP contribution in [0.2, 0.25) is 0 Å². The third-order valence-electron chi connectivity index (χ3n) is 2.94. The average Bonchev–Trinajstić information content (AvgIpc) is 2.34. The first kappa shape index (κ1) is 16.9. The fraction of sp³-hybridized carbons (Fsp3) is 0.538. The number of nitrogens with one attached hydrogen (secondary N) is 1. The highest BCUT2D eigenvalue weighted by molar-refractivity contribution is 7.89. The Bertz CT molecular complexity index is 555. The van der Waals surface area contributed by atoms with E-state index >= 15 is 0 Å². The molecule has 4 N–H and O–H groups in total. The molecule has 0 aliphatic heterocycles. The summed E-state index contributed by atoms with van der Waals surface area (Å²) in [5, 5.41) is 10.0. The second-order valence-corrected chi connectivity index (χ2v) is 6.84. The predicted molar refractivity (Wildman–Crippen MR) is 77.9 cm³/mol. The number of aliphatic hydroxyl groups is 1. The fourth-order valence-corrected chi connectivity index (χ4v) is 2.92. The van der Waals surface area contributed by atoms with Crippen molar-refractivity contribution in [1.82, 2.24) is 4.72 Å². The summed E-state index contributed by atoms with van der Waals surface area (Å²) in [4.78, 5) is 0.0191. The van der Waals surface area contributed by atoms with Gasteiger partial charge in [0.15, 0.2) is 0 Å². The number of anilines is 1. The zero-order valence-electron chi connectivity index (χ0n) is 12.0. The van der Waals surface area contributed by atoms with E-state index in [2.05, 4.69) is 4.72 Å². The van der Waals surface area contributed by atoms with Gasteiger partial charge in [-0.1, -0.05) is 6.07 Å². The van der Waals surface area contributed by atoms with Crippen LogP contribution >= 0.6 is 0 Å². The van der Waals surface area contributed by atoms with Crippen molar-refractivity contribution in [2.24, 2.45) is 0 Å². The lowest BCUT2D eigenvalue weighted by Crippen LogP contribution is -2.41. The van der Waals surface area contributed by atoms with E-state index in [1.165, 1.54) is 13.2 Å². The van der Waals surface area contributed by atoms with E-state index in [0.29, 0.717) is 13.0 Å². The molecule has 0 amide bonds. The lowest BCUT2D eigenvalue weighted by atomic mass is 10.0. The highest BCUT2D eigenvalue weighted by atomic mass is 32.2. The number of nitrogen functional groups attached to an aromatic ring is 1. The third-order valence-corrected chi connectivity index (χ3v) is 4.42. The number of benzene rings is 1. The molecule has 114 valence electrons. The van der Waals surface area contributed by atoms with Crippen LogP contribution in [0.1, 0.15) is 18.9 Å². The van der Waals surface area contributed by atoms with E-state index in [9.17, 15) is 13.5 Å². The van der Waals surface area contributed by atoms with Crippen LogP contribution in [0.4, 0.5) is 5.69 Å². The normalized spacial score (nSPS) is 15.0. The summed E-state index contributed by atoms with van der Waals surface area (Å²) in [5.41, 5.74) is 5.62. The first-order chi connectivity index (χ1) is 9.18. The van der Waals surface area contributed by atoms with Crippen LogP contribution in [0.3, 0.4) is 0 Å². The van der Waals surface area contributed by atoms with Crippen molar-refractivity contribution in [3.63, 3.8) is 0 Å². The number of ether oxygens (including phenoxy) is 1. The van der Waals surface area contributed by atoms with E-state index in [1.54, 1.807) is 19.1 Å². The Labute approximate surface area is 120 Å². The molecule has 0 saturated heterocycles. The molecule has 0 radical (unpaired) electrons. The zero-order chi connectivity index (χ0) is 15.4. The van der Waals surface area contributed by atoms with Gasteiger partial charge in [0.1, 0.15) is 4.90 Å². The summed E-state index contributed by atoms with van der Waals surface area (Å²) in [6.45, 7) is 3.62. The Morgan fingerprint density at radius 2 is 2.10 bits per heavy atom. The summed E-state index contributed by atoms with van der Waals surface area (Å²) in [5.74, 6) is 0. The molecule has 0 spiro atoms. The molecule has 0 heterocycles. The number of hydrogen-bond donors (Lipinski definition) is 3. The minimum Gasteiger partial charge on any atom is -0.398 e. The topological polar surface area (TPSA) is 102 Å². The maximum Gasteiger partial charge on any atom is 0.242 e. The summed E-state index contributed by atoms with van der Waals surface area (Å²) in [7, 11) is -2.22. The Morgan fingerprint density at radius 3 is 2.65 bits per heavy atom. The van der Waals surface area contributed by atoms with E-state index in [0.717, 1.165) is 5.56 Å². The van der Waals surface area contributed by atoms with Crippen LogP contribution in [-0.4, -0.2) is 39.4 Å². The number of aryl methyl sites for hydroxylation is 1. The Balaban J connectivity index is 2.80. The van der Waals surface area contributed by atoms with Crippen LogP contribution in [0.15, 0.2) is 23.1 Å². The molecular formula is C13H22N2O4S. The molecule has 1 aromatic rings. The lowest BCUT2D eigenvalue weighted by Gasteiger charge is -2.23. The van der Waals surface area contributed by atoms with Crippen molar-refractivity contribution in [3.05, 3.63) is 23.8 Å². The molecule has 0 saturated carbocycles. The van der Waals surface area contributed by atoms with E-state index in [1.807, 2.05) is 6.92 Å². The molecule has 0 bridgehead atoms. The number of sulfonamides is 1. The summed E-state index contributed by atoms with van der Waals surface area (Å²) in [6.07, 6.45) is 0.329. The number of hydrogen-bond acceptors (Lipinski definition) is 5. The monoisotopic (exact) mass is 302 g/mol. The van der Waals surface area contributed by atoms with Gasteiger partial charge >= 0.3 is 0 Å². The third kappa shape index (κ3) is 4.75. The van der Waals surface area contributed by atoms with Gasteiger partial charge < -0.3 is 15.6 Å². The van der Waals surface area contributed by atoms with Gasteiger partial charge in [-0.15, -0.1) is 0 Å². The minimum absolute atomic E-state index is 0.0191. The molecule has 7 heteroatoms. The van der Waals surface area contributed by atoms with Gasteiger partial charge in [0.2, 0.25) is 10.0 Å². The van der Waals surface area contributed by atoms with Gasteiger partial charge in [-0.2, -0.15) is 0 Å². The smallest absolute Gasteiger partial charge is 0.242 e. The molecular weight excluding hydrogens is 280 g/mol. The van der Waals surface area contributed by atoms with Gasteiger partial charge in [-0.3, -0.25) is 0 Å². The number of rotatable bonds is 7. The lowest BCUT2D eigenvalue weighted by molar-refractivity contribution is 0.0292. The SMILES string of the molecule is COCCC(C)(O)CNS(=O)(=O)c1ccc(C)cc1N. The molecule has 0 fully saturated rings. The van der Waals surface area contributed by atoms with Crippen molar-refractivity contribution >= 4 is 15.7 Å². The molecule has 20 heavy (non-hydrogen) atoms. The second kappa shape index (κ2) is 6.53. The summed E-state index contributed by atoms with van der Waals surface area (Å²) in [6, 6.07) is 4.72. The number of nitrogens with two attached hydrogens (primary N) is 1. The van der Waals surface area contributed by atoms with Gasteiger partial charge in [0, 0.05) is 26.7 Å². The van der Waals surface area contributed by atoms with E-state index in [4.69, 9.17) is 10.5 Å². The molecule has 0 aromatic heterocycles. The zero-order valence-corrected chi connectivity index (χ0v) is 12.8. The van der Waals surface area contributed by atoms with Gasteiger partial charge in [-0.25, -0.2) is 13.1 Å². The molecule has 1 atom stereocenters. The van der Waals surface area contributed by atoms with Crippen LogP contribution in [-0.2, 0) is 14.8 Å². The second-order valence-electron chi connectivity index (χ2n) is 5.11. The van der Waals surface area contributed by atoms with Crippen molar-refractivity contribution in [2.75, 3.05) is 26.0 Å². The van der Waals surface area contributed by atoms with Gasteiger partial charge in [-0.05, 0) is 31.5 Å². The van der Waals surface area contributed by atoms with Crippen LogP contribution in [0.5, 0.6) is 0 Å². The quantitative estimate of drug-likeness (QED) is 0.642. The predicted octanol–water partition coefficient (Wildman–Crippen LogP) is 0.643. The van der Waals surface area contributed by atoms with Crippen LogP contribution in [0, 0.1) is 6.92 Å².